The van der Waals surface area contributed by atoms with Crippen LogP contribution in [0.4, 0.5) is 0 Å². The lowest BCUT2D eigenvalue weighted by Gasteiger charge is -2.06. The van der Waals surface area contributed by atoms with Gasteiger partial charge in [-0.25, -0.2) is 19.5 Å². The lowest BCUT2D eigenvalue weighted by Crippen LogP contribution is -2.08. The molecular weight excluding hydrogens is 426 g/mol. The van der Waals surface area contributed by atoms with E-state index in [1.807, 2.05) is 17.8 Å². The highest BCUT2D eigenvalue weighted by atomic mass is 79.9. The van der Waals surface area contributed by atoms with Gasteiger partial charge in [-0.05, 0) is 41.4 Å². The summed E-state index contributed by atoms with van der Waals surface area (Å²) in [6.45, 7) is 6.94. The zero-order valence-electron chi connectivity index (χ0n) is 15.0. The summed E-state index contributed by atoms with van der Waals surface area (Å²) >= 11 is 5.06. The van der Waals surface area contributed by atoms with Crippen molar-refractivity contribution in [3.05, 3.63) is 46.3 Å². The molecule has 27 heavy (non-hydrogen) atoms. The number of fused-ring (bicyclic) bond motifs is 5. The van der Waals surface area contributed by atoms with Crippen LogP contribution >= 0.6 is 27.3 Å². The van der Waals surface area contributed by atoms with Crippen LogP contribution in [0.15, 0.2) is 29.3 Å². The molecule has 7 nitrogen and oxygen atoms in total. The van der Waals surface area contributed by atoms with Crippen LogP contribution in [-0.2, 0) is 6.54 Å². The van der Waals surface area contributed by atoms with Crippen LogP contribution in [0.25, 0.3) is 26.1 Å². The largest absolute Gasteiger partial charge is 0.271 e. The Morgan fingerprint density at radius 1 is 1.26 bits per heavy atom. The van der Waals surface area contributed by atoms with Crippen LogP contribution in [0.1, 0.15) is 29.9 Å². The van der Waals surface area contributed by atoms with E-state index < -0.39 is 0 Å². The molecule has 0 aromatic carbocycles. The molecule has 0 spiro atoms. The fourth-order valence-corrected chi connectivity index (χ4v) is 4.95. The van der Waals surface area contributed by atoms with Crippen molar-refractivity contribution in [3.63, 3.8) is 0 Å². The predicted octanol–water partition coefficient (Wildman–Crippen LogP) is 4.27. The summed E-state index contributed by atoms with van der Waals surface area (Å²) in [7, 11) is 0. The molecule has 0 fully saturated rings. The Morgan fingerprint density at radius 2 is 2.11 bits per heavy atom. The Bertz CT molecular complexity index is 1320. The monoisotopic (exact) mass is 441 g/mol. The zero-order chi connectivity index (χ0) is 18.7. The minimum absolute atomic E-state index is 0.128. The molecule has 0 aliphatic heterocycles. The highest BCUT2D eigenvalue weighted by molar-refractivity contribution is 9.10. The van der Waals surface area contributed by atoms with Crippen molar-refractivity contribution in [3.8, 4) is 0 Å². The zero-order valence-corrected chi connectivity index (χ0v) is 17.4. The van der Waals surface area contributed by atoms with Crippen molar-refractivity contribution >= 4 is 53.3 Å². The van der Waals surface area contributed by atoms with Crippen molar-refractivity contribution in [2.75, 3.05) is 0 Å². The molecule has 0 N–H and O–H groups in total. The van der Waals surface area contributed by atoms with Gasteiger partial charge in [-0.2, -0.15) is 5.10 Å². The minimum Gasteiger partial charge on any atom is -0.271 e. The average molecular weight is 442 g/mol. The minimum atomic E-state index is 0.128. The molecule has 5 heterocycles. The van der Waals surface area contributed by atoms with Crippen LogP contribution in [0.2, 0.25) is 0 Å². The lowest BCUT2D eigenvalue weighted by molar-refractivity contribution is 0.524. The van der Waals surface area contributed by atoms with E-state index in [0.717, 1.165) is 42.1 Å². The van der Waals surface area contributed by atoms with Gasteiger partial charge in [0.1, 0.15) is 15.9 Å². The van der Waals surface area contributed by atoms with Gasteiger partial charge in [0.15, 0.2) is 11.5 Å². The van der Waals surface area contributed by atoms with E-state index >= 15 is 0 Å². The molecule has 0 aliphatic rings. The standard InChI is InChI=1S/C18H16BrN7S/c1-9-4-11(3)22-18-13(9)14-15(27-18)17-23-16(24-26(17)8-20-14)10(2)6-25-7-12(19)5-21-25/h4-5,7-8,10H,6H2,1-3H3. The number of hydrogen-bond acceptors (Lipinski definition) is 6. The number of aryl methyl sites for hydroxylation is 2. The van der Waals surface area contributed by atoms with Crippen molar-refractivity contribution in [1.29, 1.82) is 0 Å². The first-order chi connectivity index (χ1) is 13.0. The third-order valence-electron chi connectivity index (χ3n) is 4.61. The fourth-order valence-electron chi connectivity index (χ4n) is 3.39. The van der Waals surface area contributed by atoms with Gasteiger partial charge in [-0.3, -0.25) is 4.68 Å². The number of rotatable bonds is 3. The molecule has 0 saturated heterocycles. The number of nitrogens with zero attached hydrogens (tertiary/aromatic N) is 7. The molecule has 0 aliphatic carbocycles. The maximum Gasteiger partial charge on any atom is 0.176 e. The Kier molecular flexibility index (Phi) is 3.76. The molecule has 5 aromatic heterocycles. The molecule has 0 bridgehead atoms. The van der Waals surface area contributed by atoms with E-state index in [-0.39, 0.29) is 5.92 Å². The first kappa shape index (κ1) is 16.8. The van der Waals surface area contributed by atoms with E-state index in [0.29, 0.717) is 6.54 Å². The third kappa shape index (κ3) is 2.72. The number of aromatic nitrogens is 7. The number of hydrogen-bond donors (Lipinski definition) is 0. The van der Waals surface area contributed by atoms with Gasteiger partial charge >= 0.3 is 0 Å². The van der Waals surface area contributed by atoms with E-state index in [1.165, 1.54) is 5.56 Å². The second-order valence-electron chi connectivity index (χ2n) is 6.80. The van der Waals surface area contributed by atoms with Crippen molar-refractivity contribution in [2.45, 2.75) is 33.2 Å². The Morgan fingerprint density at radius 3 is 2.89 bits per heavy atom. The second-order valence-corrected chi connectivity index (χ2v) is 8.72. The van der Waals surface area contributed by atoms with E-state index in [9.17, 15) is 0 Å². The molecule has 9 heteroatoms. The molecule has 0 saturated carbocycles. The van der Waals surface area contributed by atoms with Crippen LogP contribution in [0, 0.1) is 13.8 Å². The predicted molar refractivity (Wildman–Crippen MR) is 109 cm³/mol. The number of thiophene rings is 1. The van der Waals surface area contributed by atoms with Gasteiger partial charge in [0, 0.05) is 23.2 Å². The maximum absolute atomic E-state index is 4.83. The summed E-state index contributed by atoms with van der Waals surface area (Å²) in [6, 6.07) is 2.10. The van der Waals surface area contributed by atoms with Gasteiger partial charge in [-0.15, -0.1) is 16.4 Å². The first-order valence-corrected chi connectivity index (χ1v) is 10.2. The van der Waals surface area contributed by atoms with Crippen LogP contribution in [0.5, 0.6) is 0 Å². The second kappa shape index (κ2) is 6.07. The number of pyridine rings is 1. The Balaban J connectivity index is 1.64. The van der Waals surface area contributed by atoms with Crippen molar-refractivity contribution in [1.82, 2.24) is 34.3 Å². The maximum atomic E-state index is 4.83. The van der Waals surface area contributed by atoms with Gasteiger partial charge in [0.05, 0.1) is 22.7 Å². The molecular formula is C18H16BrN7S. The normalized spacial score (nSPS) is 13.2. The highest BCUT2D eigenvalue weighted by Crippen LogP contribution is 2.35. The van der Waals surface area contributed by atoms with Gasteiger partial charge in [-0.1, -0.05) is 6.92 Å². The Labute approximate surface area is 167 Å². The molecule has 1 unspecified atom stereocenters. The third-order valence-corrected chi connectivity index (χ3v) is 6.09. The van der Waals surface area contributed by atoms with Gasteiger partial charge in [0.2, 0.25) is 0 Å². The summed E-state index contributed by atoms with van der Waals surface area (Å²) in [5.41, 5.74) is 4.00. The summed E-state index contributed by atoms with van der Waals surface area (Å²) in [5, 5.41) is 10.1. The summed E-state index contributed by atoms with van der Waals surface area (Å²) < 4.78 is 5.66. The number of halogens is 1. The summed E-state index contributed by atoms with van der Waals surface area (Å²) in [6.07, 6.45) is 5.48. The van der Waals surface area contributed by atoms with Gasteiger partial charge < -0.3 is 0 Å². The average Bonchev–Trinajstić information content (AvgIpc) is 3.29. The highest BCUT2D eigenvalue weighted by Gasteiger charge is 2.19. The van der Waals surface area contributed by atoms with Crippen molar-refractivity contribution < 1.29 is 0 Å². The fraction of sp³-hybridized carbons (Fsp3) is 0.278. The quantitative estimate of drug-likeness (QED) is 0.417. The van der Waals surface area contributed by atoms with Crippen LogP contribution in [-0.4, -0.2) is 34.3 Å². The summed E-state index contributed by atoms with van der Waals surface area (Å²) in [5.74, 6) is 0.914. The van der Waals surface area contributed by atoms with E-state index in [4.69, 9.17) is 4.98 Å². The lowest BCUT2D eigenvalue weighted by atomic mass is 10.1. The topological polar surface area (TPSA) is 73.8 Å². The SMILES string of the molecule is Cc1cc(C)c2c(n1)sc1c2ncn2nc(C(C)Cn3cc(Br)cn3)nc12. The molecule has 1 atom stereocenters. The van der Waals surface area contributed by atoms with Crippen LogP contribution < -0.4 is 0 Å². The Hall–Kier alpha value is -2.39. The van der Waals surface area contributed by atoms with Crippen LogP contribution in [0.3, 0.4) is 0 Å². The first-order valence-electron chi connectivity index (χ1n) is 8.59. The molecule has 136 valence electrons. The molecule has 0 amide bonds. The van der Waals surface area contributed by atoms with E-state index in [2.05, 4.69) is 56.0 Å². The van der Waals surface area contributed by atoms with E-state index in [1.54, 1.807) is 28.4 Å². The summed E-state index contributed by atoms with van der Waals surface area (Å²) in [4.78, 5) is 15.2. The van der Waals surface area contributed by atoms with Crippen molar-refractivity contribution in [2.24, 2.45) is 0 Å². The molecule has 5 aromatic rings. The van der Waals surface area contributed by atoms with Gasteiger partial charge in [0.25, 0.3) is 0 Å². The molecule has 0 radical (unpaired) electrons. The smallest absolute Gasteiger partial charge is 0.176 e. The molecule has 5 rings (SSSR count).